The molecule has 3 nitrogen and oxygen atoms in total. The highest BCUT2D eigenvalue weighted by atomic mass is 35.5. The predicted octanol–water partition coefficient (Wildman–Crippen LogP) is 1.19. The molecule has 0 bridgehead atoms. The van der Waals surface area contributed by atoms with E-state index in [2.05, 4.69) is 0 Å². The molecule has 0 saturated carbocycles. The van der Waals surface area contributed by atoms with E-state index in [-0.39, 0.29) is 18.2 Å². The third-order valence-electron chi connectivity index (χ3n) is 1.77. The smallest absolute Gasteiger partial charge is 0.115 e. The van der Waals surface area contributed by atoms with Gasteiger partial charge in [0.15, 0.2) is 0 Å². The van der Waals surface area contributed by atoms with Gasteiger partial charge in [0.2, 0.25) is 0 Å². The van der Waals surface area contributed by atoms with E-state index in [1.54, 1.807) is 31.2 Å². The van der Waals surface area contributed by atoms with Crippen molar-refractivity contribution >= 4 is 12.4 Å². The lowest BCUT2D eigenvalue weighted by molar-refractivity contribution is 0.164. The molecule has 0 aliphatic rings. The molecular formula is C9H14ClNO2. The number of phenols is 1. The first-order valence-corrected chi connectivity index (χ1v) is 3.84. The van der Waals surface area contributed by atoms with Crippen LogP contribution in [0.2, 0.25) is 0 Å². The van der Waals surface area contributed by atoms with Crippen LogP contribution in [0.1, 0.15) is 18.5 Å². The maximum atomic E-state index is 9.16. The fourth-order valence-corrected chi connectivity index (χ4v) is 1.01. The summed E-state index contributed by atoms with van der Waals surface area (Å²) >= 11 is 0. The molecular weight excluding hydrogens is 190 g/mol. The lowest BCUT2D eigenvalue weighted by Gasteiger charge is -2.14. The Morgan fingerprint density at radius 3 is 2.46 bits per heavy atom. The second kappa shape index (κ2) is 5.07. The van der Waals surface area contributed by atoms with Crippen molar-refractivity contribution in [1.82, 2.24) is 0 Å². The Morgan fingerprint density at radius 2 is 2.00 bits per heavy atom. The molecule has 74 valence electrons. The maximum absolute atomic E-state index is 9.16. The van der Waals surface area contributed by atoms with E-state index in [1.165, 1.54) is 0 Å². The number of aliphatic hydroxyl groups excluding tert-OH is 1. The summed E-state index contributed by atoms with van der Waals surface area (Å²) in [5.41, 5.74) is 6.39. The van der Waals surface area contributed by atoms with Crippen molar-refractivity contribution in [2.24, 2.45) is 5.73 Å². The second-order valence-electron chi connectivity index (χ2n) is 2.86. The van der Waals surface area contributed by atoms with Crippen LogP contribution in [-0.2, 0) is 0 Å². The normalized spacial score (nSPS) is 14.4. The highest BCUT2D eigenvalue weighted by Crippen LogP contribution is 2.18. The first-order chi connectivity index (χ1) is 5.61. The Balaban J connectivity index is 0.00000144. The van der Waals surface area contributed by atoms with Gasteiger partial charge in [-0.2, -0.15) is 0 Å². The van der Waals surface area contributed by atoms with Crippen LogP contribution in [0.3, 0.4) is 0 Å². The summed E-state index contributed by atoms with van der Waals surface area (Å²) in [6.07, 6.45) is -0.605. The summed E-state index contributed by atoms with van der Waals surface area (Å²) in [7, 11) is 0. The molecule has 0 spiro atoms. The number of halogens is 1. The molecule has 1 aromatic rings. The van der Waals surface area contributed by atoms with Crippen molar-refractivity contribution in [1.29, 1.82) is 0 Å². The van der Waals surface area contributed by atoms with Gasteiger partial charge in [-0.1, -0.05) is 12.1 Å². The topological polar surface area (TPSA) is 66.5 Å². The molecule has 4 N–H and O–H groups in total. The van der Waals surface area contributed by atoms with E-state index in [9.17, 15) is 0 Å². The summed E-state index contributed by atoms with van der Waals surface area (Å²) in [6, 6.07) is 6.16. The predicted molar refractivity (Wildman–Crippen MR) is 54.0 cm³/mol. The number of aliphatic hydroxyl groups is 1. The number of rotatable bonds is 2. The fourth-order valence-electron chi connectivity index (χ4n) is 1.01. The van der Waals surface area contributed by atoms with E-state index >= 15 is 0 Å². The van der Waals surface area contributed by atoms with E-state index < -0.39 is 12.1 Å². The molecule has 0 aliphatic heterocycles. The molecule has 0 aromatic heterocycles. The Kier molecular flexibility index (Phi) is 4.77. The van der Waals surface area contributed by atoms with Crippen LogP contribution in [0.25, 0.3) is 0 Å². The number of aromatic hydroxyl groups is 1. The van der Waals surface area contributed by atoms with Crippen molar-refractivity contribution in [3.8, 4) is 5.75 Å². The van der Waals surface area contributed by atoms with Gasteiger partial charge in [0.05, 0.1) is 12.1 Å². The maximum Gasteiger partial charge on any atom is 0.115 e. The monoisotopic (exact) mass is 203 g/mol. The third-order valence-corrected chi connectivity index (χ3v) is 1.77. The molecule has 0 fully saturated rings. The van der Waals surface area contributed by atoms with Gasteiger partial charge in [0.25, 0.3) is 0 Å². The Hall–Kier alpha value is -0.770. The molecule has 2 atom stereocenters. The number of hydrogen-bond acceptors (Lipinski definition) is 3. The van der Waals surface area contributed by atoms with Crippen LogP contribution >= 0.6 is 12.4 Å². The van der Waals surface area contributed by atoms with Crippen molar-refractivity contribution in [3.05, 3.63) is 29.8 Å². The van der Waals surface area contributed by atoms with Crippen LogP contribution in [-0.4, -0.2) is 16.3 Å². The minimum absolute atomic E-state index is 0. The first-order valence-electron chi connectivity index (χ1n) is 3.84. The second-order valence-corrected chi connectivity index (χ2v) is 2.86. The quantitative estimate of drug-likeness (QED) is 0.677. The van der Waals surface area contributed by atoms with Gasteiger partial charge in [-0.3, -0.25) is 0 Å². The summed E-state index contributed by atoms with van der Waals surface area (Å²) in [5, 5.41) is 18.3. The summed E-state index contributed by atoms with van der Waals surface area (Å²) in [4.78, 5) is 0. The average molecular weight is 204 g/mol. The van der Waals surface area contributed by atoms with Crippen molar-refractivity contribution in [2.45, 2.75) is 19.1 Å². The van der Waals surface area contributed by atoms with Crippen molar-refractivity contribution in [3.63, 3.8) is 0 Å². The molecule has 4 heteroatoms. The van der Waals surface area contributed by atoms with Crippen LogP contribution in [0, 0.1) is 0 Å². The number of benzene rings is 1. The zero-order chi connectivity index (χ0) is 9.14. The Morgan fingerprint density at radius 1 is 1.38 bits per heavy atom. The van der Waals surface area contributed by atoms with Gasteiger partial charge in [-0.15, -0.1) is 12.4 Å². The Labute approximate surface area is 83.6 Å². The number of phenolic OH excluding ortho intramolecular Hbond substituents is 1. The van der Waals surface area contributed by atoms with Crippen molar-refractivity contribution < 1.29 is 10.2 Å². The SMILES string of the molecule is CC(O)C(N)c1cccc(O)c1.Cl. The van der Waals surface area contributed by atoms with E-state index in [0.29, 0.717) is 0 Å². The molecule has 1 aromatic carbocycles. The molecule has 13 heavy (non-hydrogen) atoms. The lowest BCUT2D eigenvalue weighted by Crippen LogP contribution is -2.22. The third kappa shape index (κ3) is 3.22. The summed E-state index contributed by atoms with van der Waals surface area (Å²) in [6.45, 7) is 1.62. The zero-order valence-electron chi connectivity index (χ0n) is 7.34. The molecule has 0 aliphatic carbocycles. The van der Waals surface area contributed by atoms with Gasteiger partial charge in [0.1, 0.15) is 5.75 Å². The fraction of sp³-hybridized carbons (Fsp3) is 0.333. The minimum atomic E-state index is -0.605. The van der Waals surface area contributed by atoms with Gasteiger partial charge < -0.3 is 15.9 Å². The van der Waals surface area contributed by atoms with Gasteiger partial charge in [0, 0.05) is 0 Å². The lowest BCUT2D eigenvalue weighted by atomic mass is 10.0. The van der Waals surface area contributed by atoms with Gasteiger partial charge in [-0.25, -0.2) is 0 Å². The van der Waals surface area contributed by atoms with Crippen LogP contribution in [0.4, 0.5) is 0 Å². The van der Waals surface area contributed by atoms with E-state index in [4.69, 9.17) is 15.9 Å². The molecule has 0 amide bonds. The number of hydrogen-bond donors (Lipinski definition) is 3. The highest BCUT2D eigenvalue weighted by molar-refractivity contribution is 5.85. The van der Waals surface area contributed by atoms with Crippen LogP contribution < -0.4 is 5.73 Å². The van der Waals surface area contributed by atoms with Gasteiger partial charge in [-0.05, 0) is 24.6 Å². The highest BCUT2D eigenvalue weighted by Gasteiger charge is 2.11. The molecule has 2 unspecified atom stereocenters. The van der Waals surface area contributed by atoms with Crippen LogP contribution in [0.15, 0.2) is 24.3 Å². The Bertz CT molecular complexity index is 266. The molecule has 0 radical (unpaired) electrons. The van der Waals surface area contributed by atoms with Gasteiger partial charge >= 0.3 is 0 Å². The largest absolute Gasteiger partial charge is 0.508 e. The minimum Gasteiger partial charge on any atom is -0.508 e. The first kappa shape index (κ1) is 12.2. The molecule has 1 rings (SSSR count). The van der Waals surface area contributed by atoms with Crippen molar-refractivity contribution in [2.75, 3.05) is 0 Å². The summed E-state index contributed by atoms with van der Waals surface area (Å²) < 4.78 is 0. The zero-order valence-corrected chi connectivity index (χ0v) is 8.16. The number of nitrogens with two attached hydrogens (primary N) is 1. The van der Waals surface area contributed by atoms with E-state index in [0.717, 1.165) is 5.56 Å². The van der Waals surface area contributed by atoms with E-state index in [1.807, 2.05) is 0 Å². The molecule has 0 heterocycles. The van der Waals surface area contributed by atoms with Crippen LogP contribution in [0.5, 0.6) is 5.75 Å². The summed E-state index contributed by atoms with van der Waals surface area (Å²) in [5.74, 6) is 0.170. The average Bonchev–Trinajstić information content (AvgIpc) is 2.03. The standard InChI is InChI=1S/C9H13NO2.ClH/c1-6(11)9(10)7-3-2-4-8(12)5-7;/h2-6,9,11-12H,10H2,1H3;1H. The molecule has 0 saturated heterocycles.